The van der Waals surface area contributed by atoms with Gasteiger partial charge in [0.1, 0.15) is 0 Å². The summed E-state index contributed by atoms with van der Waals surface area (Å²) in [5.74, 6) is 0.0664. The van der Waals surface area contributed by atoms with E-state index in [0.717, 1.165) is 55.0 Å². The van der Waals surface area contributed by atoms with Crippen LogP contribution in [0.2, 0.25) is 0 Å². The molecule has 0 radical (unpaired) electrons. The molecule has 0 atom stereocenters. The Morgan fingerprint density at radius 2 is 1.56 bits per heavy atom. The highest BCUT2D eigenvalue weighted by atomic mass is 35.5. The van der Waals surface area contributed by atoms with Crippen LogP contribution in [0.5, 0.6) is 0 Å². The number of piperidine rings is 1. The van der Waals surface area contributed by atoms with Crippen LogP contribution in [-0.2, 0) is 6.42 Å². The van der Waals surface area contributed by atoms with Crippen molar-refractivity contribution in [2.75, 3.05) is 35.2 Å². The van der Waals surface area contributed by atoms with Gasteiger partial charge in [-0.1, -0.05) is 6.07 Å². The zero-order valence-corrected chi connectivity index (χ0v) is 17.0. The molecule has 1 fully saturated rings. The highest BCUT2D eigenvalue weighted by Gasteiger charge is 2.24. The second-order valence-electron chi connectivity index (χ2n) is 7.00. The second-order valence-corrected chi connectivity index (χ2v) is 7.00. The highest BCUT2D eigenvalue weighted by Crippen LogP contribution is 2.32. The number of rotatable bonds is 2. The first-order valence-corrected chi connectivity index (χ1v) is 9.28. The molecule has 1 saturated heterocycles. The van der Waals surface area contributed by atoms with E-state index in [9.17, 15) is 4.79 Å². The zero-order chi connectivity index (χ0) is 17.2. The van der Waals surface area contributed by atoms with E-state index in [1.165, 1.54) is 24.9 Å². The lowest BCUT2D eigenvalue weighted by molar-refractivity contribution is 0.0985. The van der Waals surface area contributed by atoms with E-state index in [1.807, 2.05) is 35.2 Å². The molecule has 2 aliphatic rings. The number of hydrogen-bond donors (Lipinski definition) is 1. The number of nitrogens with zero attached hydrogens (tertiary/aromatic N) is 2. The van der Waals surface area contributed by atoms with Crippen molar-refractivity contribution >= 4 is 47.8 Å². The van der Waals surface area contributed by atoms with E-state index in [4.69, 9.17) is 5.73 Å². The monoisotopic (exact) mass is 407 g/mol. The lowest BCUT2D eigenvalue weighted by Gasteiger charge is -2.31. The molecule has 0 saturated carbocycles. The Morgan fingerprint density at radius 3 is 2.26 bits per heavy atom. The minimum Gasteiger partial charge on any atom is -0.398 e. The molecule has 1 amide bonds. The molecule has 4 nitrogen and oxygen atoms in total. The van der Waals surface area contributed by atoms with Gasteiger partial charge in [-0.2, -0.15) is 0 Å². The van der Waals surface area contributed by atoms with Gasteiger partial charge in [-0.05, 0) is 74.1 Å². The molecule has 0 aromatic heterocycles. The average Bonchev–Trinajstić information content (AvgIpc) is 2.68. The summed E-state index contributed by atoms with van der Waals surface area (Å²) in [7, 11) is 0. The molecule has 6 heteroatoms. The van der Waals surface area contributed by atoms with E-state index < -0.39 is 0 Å². The van der Waals surface area contributed by atoms with Crippen molar-refractivity contribution < 1.29 is 4.79 Å². The van der Waals surface area contributed by atoms with Gasteiger partial charge in [0.15, 0.2) is 0 Å². The molecule has 146 valence electrons. The smallest absolute Gasteiger partial charge is 0.258 e. The van der Waals surface area contributed by atoms with Crippen LogP contribution in [0.4, 0.5) is 17.1 Å². The standard InChI is InChI=1S/C21H25N3O.2ClH/c22-19-7-4-8-20-18(19)6-5-15-24(20)21(25)16-9-11-17(12-10-16)23-13-2-1-3-14-23;;/h4,7-12H,1-3,5-6,13-15,22H2;2*1H. The maximum absolute atomic E-state index is 13.0. The molecule has 2 aromatic rings. The average molecular weight is 408 g/mol. The molecule has 2 heterocycles. The summed E-state index contributed by atoms with van der Waals surface area (Å²) < 4.78 is 0. The van der Waals surface area contributed by atoms with Crippen LogP contribution in [0.3, 0.4) is 0 Å². The van der Waals surface area contributed by atoms with Crippen molar-refractivity contribution in [3.05, 3.63) is 53.6 Å². The van der Waals surface area contributed by atoms with E-state index in [0.29, 0.717) is 0 Å². The minimum atomic E-state index is 0. The first-order chi connectivity index (χ1) is 12.2. The van der Waals surface area contributed by atoms with Crippen molar-refractivity contribution in [1.82, 2.24) is 0 Å². The van der Waals surface area contributed by atoms with E-state index >= 15 is 0 Å². The summed E-state index contributed by atoms with van der Waals surface area (Å²) in [5.41, 5.74) is 10.9. The number of nitrogen functional groups attached to an aromatic ring is 1. The molecule has 0 bridgehead atoms. The molecule has 2 aliphatic heterocycles. The first-order valence-electron chi connectivity index (χ1n) is 9.28. The van der Waals surface area contributed by atoms with E-state index in [-0.39, 0.29) is 30.7 Å². The van der Waals surface area contributed by atoms with Crippen LogP contribution >= 0.6 is 24.8 Å². The third kappa shape index (κ3) is 4.33. The largest absolute Gasteiger partial charge is 0.398 e. The Balaban J connectivity index is 0.00000131. The zero-order valence-electron chi connectivity index (χ0n) is 15.4. The van der Waals surface area contributed by atoms with Crippen LogP contribution in [-0.4, -0.2) is 25.5 Å². The van der Waals surface area contributed by atoms with Crippen molar-refractivity contribution in [2.45, 2.75) is 32.1 Å². The molecular weight excluding hydrogens is 381 g/mol. The number of anilines is 3. The number of carbonyl (C=O) groups excluding carboxylic acids is 1. The van der Waals surface area contributed by atoms with Crippen molar-refractivity contribution in [3.8, 4) is 0 Å². The Kier molecular flexibility index (Phi) is 7.40. The lowest BCUT2D eigenvalue weighted by atomic mass is 9.99. The highest BCUT2D eigenvalue weighted by molar-refractivity contribution is 6.07. The predicted molar refractivity (Wildman–Crippen MR) is 118 cm³/mol. The molecule has 0 unspecified atom stereocenters. The maximum Gasteiger partial charge on any atom is 0.258 e. The van der Waals surface area contributed by atoms with Gasteiger partial charge >= 0.3 is 0 Å². The summed E-state index contributed by atoms with van der Waals surface area (Å²) in [4.78, 5) is 17.3. The van der Waals surface area contributed by atoms with Crippen LogP contribution in [0.1, 0.15) is 41.6 Å². The first kappa shape index (κ1) is 21.4. The molecule has 2 aromatic carbocycles. The SMILES string of the molecule is Cl.Cl.Nc1cccc2c1CCCN2C(=O)c1ccc(N2CCCCC2)cc1. The Morgan fingerprint density at radius 1 is 0.852 bits per heavy atom. The summed E-state index contributed by atoms with van der Waals surface area (Å²) >= 11 is 0. The number of carbonyl (C=O) groups is 1. The maximum atomic E-state index is 13.0. The fourth-order valence-electron chi connectivity index (χ4n) is 3.99. The topological polar surface area (TPSA) is 49.6 Å². The molecule has 27 heavy (non-hydrogen) atoms. The van der Waals surface area contributed by atoms with Gasteiger partial charge in [-0.15, -0.1) is 24.8 Å². The minimum absolute atomic E-state index is 0. The van der Waals surface area contributed by atoms with E-state index in [2.05, 4.69) is 17.0 Å². The molecule has 2 N–H and O–H groups in total. The fraction of sp³-hybridized carbons (Fsp3) is 0.381. The predicted octanol–water partition coefficient (Wildman–Crippen LogP) is 4.70. The number of halogens is 2. The number of fused-ring (bicyclic) bond motifs is 1. The van der Waals surface area contributed by atoms with Gasteiger partial charge < -0.3 is 15.5 Å². The Labute approximate surface area is 173 Å². The Hall–Kier alpha value is -1.91. The van der Waals surface area contributed by atoms with Crippen molar-refractivity contribution in [1.29, 1.82) is 0 Å². The summed E-state index contributed by atoms with van der Waals surface area (Å²) in [6.45, 7) is 2.99. The number of amides is 1. The van der Waals surface area contributed by atoms with Crippen molar-refractivity contribution in [2.24, 2.45) is 0 Å². The second kappa shape index (κ2) is 9.34. The number of benzene rings is 2. The summed E-state index contributed by atoms with van der Waals surface area (Å²) in [5, 5.41) is 0. The quantitative estimate of drug-likeness (QED) is 0.734. The normalized spacial score (nSPS) is 16.0. The van der Waals surface area contributed by atoms with Crippen LogP contribution < -0.4 is 15.5 Å². The lowest BCUT2D eigenvalue weighted by Crippen LogP contribution is -2.35. The van der Waals surface area contributed by atoms with Crippen LogP contribution in [0.15, 0.2) is 42.5 Å². The van der Waals surface area contributed by atoms with Gasteiger partial charge in [-0.25, -0.2) is 0 Å². The van der Waals surface area contributed by atoms with Gasteiger partial charge in [0, 0.05) is 42.3 Å². The van der Waals surface area contributed by atoms with Crippen LogP contribution in [0.25, 0.3) is 0 Å². The fourth-order valence-corrected chi connectivity index (χ4v) is 3.99. The van der Waals surface area contributed by atoms with Gasteiger partial charge in [0.2, 0.25) is 0 Å². The number of hydrogen-bond acceptors (Lipinski definition) is 3. The van der Waals surface area contributed by atoms with Crippen LogP contribution in [0, 0.1) is 0 Å². The van der Waals surface area contributed by atoms with Gasteiger partial charge in [0.05, 0.1) is 0 Å². The molecule has 0 aliphatic carbocycles. The molecular formula is C21H27Cl2N3O. The number of nitrogens with two attached hydrogens (primary N) is 1. The van der Waals surface area contributed by atoms with Gasteiger partial charge in [0.25, 0.3) is 5.91 Å². The summed E-state index contributed by atoms with van der Waals surface area (Å²) in [6, 6.07) is 14.0. The van der Waals surface area contributed by atoms with E-state index in [1.54, 1.807) is 0 Å². The molecule has 4 rings (SSSR count). The van der Waals surface area contributed by atoms with Crippen molar-refractivity contribution in [3.63, 3.8) is 0 Å². The third-order valence-electron chi connectivity index (χ3n) is 5.37. The van der Waals surface area contributed by atoms with Gasteiger partial charge in [-0.3, -0.25) is 4.79 Å². The summed E-state index contributed by atoms with van der Waals surface area (Å²) in [6.07, 6.45) is 5.74. The third-order valence-corrected chi connectivity index (χ3v) is 5.37. The Bertz CT molecular complexity index is 773. The molecule has 0 spiro atoms.